The fourth-order valence-electron chi connectivity index (χ4n) is 1.91. The summed E-state index contributed by atoms with van der Waals surface area (Å²) in [4.78, 5) is 23.7. The molecule has 0 rings (SSSR count). The van der Waals surface area contributed by atoms with Crippen LogP contribution in [0, 0.1) is 0 Å². The molecule has 0 aliphatic rings. The number of hydrogen-bond acceptors (Lipinski definition) is 6. The van der Waals surface area contributed by atoms with Gasteiger partial charge in [0.1, 0.15) is 12.2 Å². The molecule has 6 nitrogen and oxygen atoms in total. The summed E-state index contributed by atoms with van der Waals surface area (Å²) in [6.07, 6.45) is 4.31. The van der Waals surface area contributed by atoms with Crippen LogP contribution in [0.2, 0.25) is 36.3 Å². The van der Waals surface area contributed by atoms with E-state index in [9.17, 15) is 9.59 Å². The molecule has 2 atom stereocenters. The normalized spacial score (nSPS) is 15.2. The molecule has 0 aromatic rings. The van der Waals surface area contributed by atoms with E-state index in [1.807, 2.05) is 0 Å². The first-order valence-electron chi connectivity index (χ1n) is 11.0. The zero-order valence-electron chi connectivity index (χ0n) is 21.7. The lowest BCUT2D eigenvalue weighted by Crippen LogP contribution is -2.43. The highest BCUT2D eigenvalue weighted by molar-refractivity contribution is 6.74. The summed E-state index contributed by atoms with van der Waals surface area (Å²) >= 11 is 0. The molecule has 0 aliphatic heterocycles. The van der Waals surface area contributed by atoms with E-state index in [0.717, 1.165) is 12.2 Å². The Morgan fingerprint density at radius 1 is 0.719 bits per heavy atom. The zero-order valence-corrected chi connectivity index (χ0v) is 23.7. The lowest BCUT2D eigenvalue weighted by atomic mass is 10.2. The van der Waals surface area contributed by atoms with E-state index < -0.39 is 40.8 Å². The summed E-state index contributed by atoms with van der Waals surface area (Å²) in [6.45, 7) is 28.7. The Bertz CT molecular complexity index is 626. The van der Waals surface area contributed by atoms with Crippen molar-refractivity contribution in [3.8, 4) is 0 Å². The molecule has 0 aliphatic carbocycles. The van der Waals surface area contributed by atoms with Crippen LogP contribution in [-0.4, -0.2) is 54.0 Å². The fourth-order valence-corrected chi connectivity index (χ4v) is 3.94. The van der Waals surface area contributed by atoms with Crippen molar-refractivity contribution in [1.29, 1.82) is 0 Å². The topological polar surface area (TPSA) is 71.1 Å². The third-order valence-corrected chi connectivity index (χ3v) is 15.2. The first-order valence-corrected chi connectivity index (χ1v) is 16.8. The summed E-state index contributed by atoms with van der Waals surface area (Å²) in [7, 11) is -4.09. The first kappa shape index (κ1) is 30.5. The number of esters is 2. The maximum Gasteiger partial charge on any atom is 0.330 e. The van der Waals surface area contributed by atoms with E-state index in [1.54, 1.807) is 12.2 Å². The van der Waals surface area contributed by atoms with Crippen molar-refractivity contribution in [1.82, 2.24) is 0 Å². The fraction of sp³-hybridized carbons (Fsp3) is 0.667. The summed E-state index contributed by atoms with van der Waals surface area (Å²) in [5.41, 5.74) is 0. The Balaban J connectivity index is 5.56. The van der Waals surface area contributed by atoms with E-state index in [0.29, 0.717) is 0 Å². The van der Waals surface area contributed by atoms with Crippen molar-refractivity contribution in [2.24, 2.45) is 0 Å². The molecule has 8 heteroatoms. The molecule has 0 spiro atoms. The Labute approximate surface area is 197 Å². The van der Waals surface area contributed by atoms with Crippen molar-refractivity contribution in [3.05, 3.63) is 37.5 Å². The van der Waals surface area contributed by atoms with Gasteiger partial charge in [0, 0.05) is 12.2 Å². The predicted molar refractivity (Wildman–Crippen MR) is 136 cm³/mol. The van der Waals surface area contributed by atoms with Gasteiger partial charge in [-0.15, -0.1) is 0 Å². The van der Waals surface area contributed by atoms with Crippen LogP contribution in [0.4, 0.5) is 0 Å². The van der Waals surface area contributed by atoms with Gasteiger partial charge in [-0.05, 0) is 48.4 Å². The number of carbonyl (C=O) groups excluding carboxylic acids is 2. The molecule has 32 heavy (non-hydrogen) atoms. The second-order valence-electron chi connectivity index (χ2n) is 10.9. The minimum Gasteiger partial charge on any atom is -0.453 e. The van der Waals surface area contributed by atoms with E-state index >= 15 is 0 Å². The smallest absolute Gasteiger partial charge is 0.330 e. The highest BCUT2D eigenvalue weighted by atomic mass is 28.4. The highest BCUT2D eigenvalue weighted by Gasteiger charge is 2.38. The van der Waals surface area contributed by atoms with E-state index in [4.69, 9.17) is 18.3 Å². The Morgan fingerprint density at radius 3 is 1.22 bits per heavy atom. The molecule has 0 amide bonds. The average molecular weight is 485 g/mol. The predicted octanol–water partition coefficient (Wildman–Crippen LogP) is 5.78. The molecule has 0 unspecified atom stereocenters. The van der Waals surface area contributed by atoms with Crippen LogP contribution >= 0.6 is 0 Å². The highest BCUT2D eigenvalue weighted by Crippen LogP contribution is 2.37. The van der Waals surface area contributed by atoms with Gasteiger partial charge in [0.05, 0.1) is 13.2 Å². The van der Waals surface area contributed by atoms with Crippen molar-refractivity contribution in [2.75, 3.05) is 13.2 Å². The zero-order chi connectivity index (χ0) is 25.4. The second-order valence-corrected chi connectivity index (χ2v) is 20.5. The van der Waals surface area contributed by atoms with Crippen LogP contribution in [0.25, 0.3) is 0 Å². The lowest BCUT2D eigenvalue weighted by molar-refractivity contribution is -0.143. The molecular formula is C24H44O6Si2. The van der Waals surface area contributed by atoms with Gasteiger partial charge in [0.15, 0.2) is 16.6 Å². The molecule has 0 N–H and O–H groups in total. The van der Waals surface area contributed by atoms with Crippen LogP contribution < -0.4 is 0 Å². The van der Waals surface area contributed by atoms with Crippen LogP contribution in [0.5, 0.6) is 0 Å². The number of rotatable bonds is 12. The monoisotopic (exact) mass is 484 g/mol. The van der Waals surface area contributed by atoms with Gasteiger partial charge in [-0.3, -0.25) is 0 Å². The first-order chi connectivity index (χ1) is 14.4. The molecule has 0 fully saturated rings. The van der Waals surface area contributed by atoms with Crippen LogP contribution in [0.3, 0.4) is 0 Å². The molecule has 0 saturated heterocycles. The minimum atomic E-state index is -2.05. The third kappa shape index (κ3) is 10.4. The van der Waals surface area contributed by atoms with Gasteiger partial charge in [-0.1, -0.05) is 54.7 Å². The van der Waals surface area contributed by atoms with Gasteiger partial charge in [-0.2, -0.15) is 0 Å². The van der Waals surface area contributed by atoms with Crippen molar-refractivity contribution in [3.63, 3.8) is 0 Å². The van der Waals surface area contributed by atoms with Gasteiger partial charge < -0.3 is 18.3 Å². The van der Waals surface area contributed by atoms with Gasteiger partial charge in [0.2, 0.25) is 0 Å². The standard InChI is InChI=1S/C24H44O6Si2/c1-13-21(25)29-19(17-27-31(9,10)23(3,4)5)15-16-20(30-22(26)14-2)18-28-32(11,12)24(6,7)8/h13-16,19-20H,1-2,17-18H2,3-12H3/t19-,20-/m0/s1. The molecule has 0 heterocycles. The van der Waals surface area contributed by atoms with Crippen LogP contribution in [0.1, 0.15) is 41.5 Å². The third-order valence-electron chi connectivity index (χ3n) is 6.24. The van der Waals surface area contributed by atoms with E-state index in [-0.39, 0.29) is 23.3 Å². The minimum absolute atomic E-state index is 0.0166. The maximum atomic E-state index is 11.8. The number of carbonyl (C=O) groups is 2. The largest absolute Gasteiger partial charge is 0.453 e. The van der Waals surface area contributed by atoms with Crippen molar-refractivity contribution >= 4 is 28.6 Å². The summed E-state index contributed by atoms with van der Waals surface area (Å²) in [5.74, 6) is -1.09. The average Bonchev–Trinajstić information content (AvgIpc) is 2.65. The van der Waals surface area contributed by atoms with Crippen molar-refractivity contribution in [2.45, 2.75) is 90.0 Å². The van der Waals surface area contributed by atoms with Gasteiger partial charge >= 0.3 is 11.9 Å². The molecular weight excluding hydrogens is 440 g/mol. The Hall–Kier alpha value is -1.49. The molecule has 0 saturated carbocycles. The van der Waals surface area contributed by atoms with E-state index in [2.05, 4.69) is 80.9 Å². The van der Waals surface area contributed by atoms with Crippen LogP contribution in [-0.2, 0) is 27.9 Å². The second kappa shape index (κ2) is 12.1. The quantitative estimate of drug-likeness (QED) is 0.151. The van der Waals surface area contributed by atoms with Gasteiger partial charge in [0.25, 0.3) is 0 Å². The van der Waals surface area contributed by atoms with Crippen LogP contribution in [0.15, 0.2) is 37.5 Å². The Morgan fingerprint density at radius 2 is 1.00 bits per heavy atom. The maximum absolute atomic E-state index is 11.8. The molecule has 184 valence electrons. The molecule has 0 aromatic heterocycles. The molecule has 0 bridgehead atoms. The van der Waals surface area contributed by atoms with Gasteiger partial charge in [-0.25, -0.2) is 9.59 Å². The lowest BCUT2D eigenvalue weighted by Gasteiger charge is -2.37. The number of ether oxygens (including phenoxy) is 2. The summed E-state index contributed by atoms with van der Waals surface area (Å²) in [6, 6.07) is 0. The molecule has 0 aromatic carbocycles. The van der Waals surface area contributed by atoms with E-state index in [1.165, 1.54) is 0 Å². The summed E-state index contributed by atoms with van der Waals surface area (Å²) in [5, 5.41) is 0.0332. The SMILES string of the molecule is C=CC(=O)O[C@@H](C=C[C@@H](CO[Si](C)(C)C(C)(C)C)OC(=O)C=C)CO[Si](C)(C)C(C)(C)C. The summed E-state index contributed by atoms with van der Waals surface area (Å²) < 4.78 is 23.3. The Kier molecular flexibility index (Phi) is 11.5. The molecule has 0 radical (unpaired) electrons. The number of hydrogen-bond donors (Lipinski definition) is 0. The van der Waals surface area contributed by atoms with Crippen molar-refractivity contribution < 1.29 is 27.9 Å².